The molecule has 0 bridgehead atoms. The van der Waals surface area contributed by atoms with Crippen molar-refractivity contribution in [2.75, 3.05) is 0 Å². The summed E-state index contributed by atoms with van der Waals surface area (Å²) in [5, 5.41) is 35.4. The summed E-state index contributed by atoms with van der Waals surface area (Å²) in [7, 11) is 0. The zero-order chi connectivity index (χ0) is 19.1. The summed E-state index contributed by atoms with van der Waals surface area (Å²) in [6.07, 6.45) is 5.79. The molecule has 27 heavy (non-hydrogen) atoms. The number of guanidine groups is 1. The molecule has 0 radical (unpaired) electrons. The van der Waals surface area contributed by atoms with Crippen molar-refractivity contribution in [1.29, 1.82) is 5.41 Å². The molecule has 0 aliphatic heterocycles. The van der Waals surface area contributed by atoms with Crippen LogP contribution in [0.15, 0.2) is 55.5 Å². The average molecular weight is 397 g/mol. The summed E-state index contributed by atoms with van der Waals surface area (Å²) >= 11 is 0. The third kappa shape index (κ3) is 6.55. The summed E-state index contributed by atoms with van der Waals surface area (Å²) in [5.74, 6) is -0.919. The fourth-order valence-electron chi connectivity index (χ4n) is 1.72. The Hall–Kier alpha value is -3.80. The first-order valence-electron chi connectivity index (χ1n) is 6.95. The highest BCUT2D eigenvalue weighted by Crippen LogP contribution is 2.19. The summed E-state index contributed by atoms with van der Waals surface area (Å²) in [6.45, 7) is 0. The smallest absolute Gasteiger partial charge is 0.401 e. The van der Waals surface area contributed by atoms with Crippen molar-refractivity contribution in [2.24, 2.45) is 16.0 Å². The Kier molecular flexibility index (Phi) is 7.57. The van der Waals surface area contributed by atoms with E-state index in [2.05, 4.69) is 10.2 Å². The van der Waals surface area contributed by atoms with Gasteiger partial charge in [0.25, 0.3) is 0 Å². The maximum absolute atomic E-state index is 10.6. The van der Waals surface area contributed by atoms with E-state index in [4.69, 9.17) is 20.0 Å². The molecule has 0 saturated carbocycles. The van der Waals surface area contributed by atoms with Crippen LogP contribution in [0.25, 0.3) is 12.2 Å². The quantitative estimate of drug-likeness (QED) is 0.235. The van der Waals surface area contributed by atoms with Gasteiger partial charge < -0.3 is 14.6 Å². The molecular formula is C14H13ClN6O6. The van der Waals surface area contributed by atoms with Gasteiger partial charge in [-0.05, 0) is 24.3 Å². The third-order valence-electron chi connectivity index (χ3n) is 2.80. The highest BCUT2D eigenvalue weighted by molar-refractivity contribution is 5.85. The second kappa shape index (κ2) is 9.62. The van der Waals surface area contributed by atoms with Crippen molar-refractivity contribution in [1.82, 2.24) is 0 Å². The Labute approximate surface area is 157 Å². The number of hydrogen-bond acceptors (Lipinski definition) is 8. The lowest BCUT2D eigenvalue weighted by Crippen LogP contribution is -2.05. The van der Waals surface area contributed by atoms with Gasteiger partial charge in [-0.25, -0.2) is 0 Å². The number of nitrogens with one attached hydrogen (secondary N) is 1. The van der Waals surface area contributed by atoms with Gasteiger partial charge in [0.2, 0.25) is 5.96 Å². The van der Waals surface area contributed by atoms with Gasteiger partial charge in [-0.15, -0.1) is 17.5 Å². The number of furan rings is 2. The first-order valence-corrected chi connectivity index (χ1v) is 6.95. The van der Waals surface area contributed by atoms with Crippen molar-refractivity contribution in [3.63, 3.8) is 0 Å². The molecule has 0 spiro atoms. The number of halogens is 1. The van der Waals surface area contributed by atoms with E-state index in [1.807, 2.05) is 0 Å². The lowest BCUT2D eigenvalue weighted by atomic mass is 10.2. The van der Waals surface area contributed by atoms with Crippen LogP contribution in [-0.4, -0.2) is 21.8 Å². The molecule has 2 heterocycles. The van der Waals surface area contributed by atoms with Gasteiger partial charge >= 0.3 is 11.8 Å². The van der Waals surface area contributed by atoms with Crippen LogP contribution in [0.1, 0.15) is 11.5 Å². The van der Waals surface area contributed by atoms with Crippen LogP contribution in [0.5, 0.6) is 0 Å². The largest absolute Gasteiger partial charge is 0.433 e. The molecule has 0 unspecified atom stereocenters. The fourth-order valence-corrected chi connectivity index (χ4v) is 1.72. The fraction of sp³-hybridized carbons (Fsp3) is 0.0714. The maximum Gasteiger partial charge on any atom is 0.433 e. The van der Waals surface area contributed by atoms with Crippen LogP contribution < -0.4 is 5.73 Å². The average Bonchev–Trinajstić information content (AvgIpc) is 3.23. The van der Waals surface area contributed by atoms with Crippen LogP contribution in [0.3, 0.4) is 0 Å². The van der Waals surface area contributed by atoms with Gasteiger partial charge in [0.15, 0.2) is 0 Å². The molecule has 0 fully saturated rings. The van der Waals surface area contributed by atoms with Gasteiger partial charge in [-0.3, -0.25) is 25.6 Å². The monoisotopic (exact) mass is 396 g/mol. The maximum atomic E-state index is 10.6. The Balaban J connectivity index is 0.00000364. The van der Waals surface area contributed by atoms with E-state index < -0.39 is 33.6 Å². The van der Waals surface area contributed by atoms with Crippen LogP contribution in [0.2, 0.25) is 0 Å². The Morgan fingerprint density at radius 1 is 1.04 bits per heavy atom. The normalized spacial score (nSPS) is 12.4. The molecule has 0 aliphatic rings. The van der Waals surface area contributed by atoms with Crippen molar-refractivity contribution in [3.05, 3.63) is 68.2 Å². The zero-order valence-electron chi connectivity index (χ0n) is 13.4. The van der Waals surface area contributed by atoms with Gasteiger partial charge in [0, 0.05) is 0 Å². The molecule has 2 aromatic heterocycles. The van der Waals surface area contributed by atoms with Gasteiger partial charge in [-0.1, -0.05) is 12.2 Å². The number of nitro groups is 2. The number of nitrogens with two attached hydrogens (primary N) is 1. The number of azo groups is 1. The van der Waals surface area contributed by atoms with Gasteiger partial charge in [-0.2, -0.15) is 5.11 Å². The van der Waals surface area contributed by atoms with Crippen LogP contribution in [0, 0.1) is 25.6 Å². The highest BCUT2D eigenvalue weighted by Gasteiger charge is 2.11. The van der Waals surface area contributed by atoms with Crippen molar-refractivity contribution >= 4 is 42.3 Å². The highest BCUT2D eigenvalue weighted by atomic mass is 35.5. The molecule has 0 amide bonds. The molecule has 0 saturated heterocycles. The summed E-state index contributed by atoms with van der Waals surface area (Å²) in [6, 6.07) is 4.46. The van der Waals surface area contributed by atoms with Crippen molar-refractivity contribution < 1.29 is 18.7 Å². The van der Waals surface area contributed by atoms with E-state index in [-0.39, 0.29) is 23.9 Å². The minimum absolute atomic E-state index is 0. The zero-order valence-corrected chi connectivity index (χ0v) is 14.2. The molecule has 12 nitrogen and oxygen atoms in total. The van der Waals surface area contributed by atoms with E-state index in [0.29, 0.717) is 0 Å². The topological polar surface area (TPSA) is 187 Å². The molecule has 3 N–H and O–H groups in total. The number of nitrogens with zero attached hydrogens (tertiary/aromatic N) is 4. The second-order valence-electron chi connectivity index (χ2n) is 4.68. The van der Waals surface area contributed by atoms with Crippen molar-refractivity contribution in [2.45, 2.75) is 6.04 Å². The van der Waals surface area contributed by atoms with Crippen molar-refractivity contribution in [3.8, 4) is 0 Å². The first-order chi connectivity index (χ1) is 12.3. The Morgan fingerprint density at radius 2 is 1.48 bits per heavy atom. The van der Waals surface area contributed by atoms with E-state index in [9.17, 15) is 20.2 Å². The molecule has 0 atom stereocenters. The molecule has 0 aliphatic carbocycles. The third-order valence-corrected chi connectivity index (χ3v) is 2.80. The molecule has 0 aromatic carbocycles. The van der Waals surface area contributed by atoms with Gasteiger partial charge in [0.05, 0.1) is 12.1 Å². The van der Waals surface area contributed by atoms with Crippen LogP contribution in [0.4, 0.5) is 11.8 Å². The predicted octanol–water partition coefficient (Wildman–Crippen LogP) is 3.55. The minimum Gasteiger partial charge on any atom is -0.401 e. The minimum atomic E-state index is -0.729. The van der Waals surface area contributed by atoms with E-state index in [1.165, 1.54) is 48.6 Å². The standard InChI is InChI=1S/C14H12N6O6.ClH/c15-14(16)18-17-9(1-3-10-5-7-12(25-10)19(21)22)2-4-11-6-8-13(26-11)20(23)24;/h1-9H,(H3,15,16);1H. The van der Waals surface area contributed by atoms with Gasteiger partial charge in [0.1, 0.15) is 27.4 Å². The van der Waals surface area contributed by atoms with E-state index in [1.54, 1.807) is 0 Å². The summed E-state index contributed by atoms with van der Waals surface area (Å²) < 4.78 is 9.94. The lowest BCUT2D eigenvalue weighted by molar-refractivity contribution is -0.402. The number of hydrogen-bond donors (Lipinski definition) is 2. The SMILES string of the molecule is Cl.N=C(N)N=NC(C=Cc1ccc([N+](=O)[O-])o1)C=Cc1ccc([N+](=O)[O-])o1. The molecular weight excluding hydrogens is 384 g/mol. The predicted molar refractivity (Wildman–Crippen MR) is 96.6 cm³/mol. The molecule has 2 rings (SSSR count). The van der Waals surface area contributed by atoms with Crippen LogP contribution in [-0.2, 0) is 0 Å². The van der Waals surface area contributed by atoms with Crippen LogP contribution >= 0.6 is 12.4 Å². The second-order valence-corrected chi connectivity index (χ2v) is 4.68. The summed E-state index contributed by atoms with van der Waals surface area (Å²) in [5.41, 5.74) is 5.12. The summed E-state index contributed by atoms with van der Waals surface area (Å²) in [4.78, 5) is 19.8. The lowest BCUT2D eigenvalue weighted by Gasteiger charge is -1.98. The number of rotatable bonds is 7. The van der Waals surface area contributed by atoms with E-state index in [0.717, 1.165) is 0 Å². The Bertz CT molecular complexity index is 853. The molecule has 2 aromatic rings. The molecule has 13 heteroatoms. The van der Waals surface area contributed by atoms with E-state index >= 15 is 0 Å². The first kappa shape index (κ1) is 21.2. The Morgan fingerprint density at radius 3 is 1.81 bits per heavy atom. The molecule has 142 valence electrons.